The van der Waals surface area contributed by atoms with Crippen LogP contribution in [-0.2, 0) is 27.8 Å². The van der Waals surface area contributed by atoms with Crippen molar-refractivity contribution in [1.82, 2.24) is 9.88 Å². The van der Waals surface area contributed by atoms with Crippen LogP contribution in [0.1, 0.15) is 18.4 Å². The maximum atomic E-state index is 11.7. The van der Waals surface area contributed by atoms with Crippen molar-refractivity contribution in [3.05, 3.63) is 33.4 Å². The van der Waals surface area contributed by atoms with Gasteiger partial charge >= 0.3 is 4.87 Å². The molecule has 1 atom stereocenters. The first-order valence-electron chi connectivity index (χ1n) is 8.34. The Morgan fingerprint density at radius 3 is 3.04 bits per heavy atom. The molecular weight excluding hydrogens is 328 g/mol. The average molecular weight is 350 g/mol. The molecule has 0 amide bonds. The van der Waals surface area contributed by atoms with E-state index in [2.05, 4.69) is 17.4 Å². The summed E-state index contributed by atoms with van der Waals surface area (Å²) in [7, 11) is 1.81. The van der Waals surface area contributed by atoms with Crippen LogP contribution in [0.5, 0.6) is 0 Å². The largest absolute Gasteiger partial charge is 0.381 e. The molecule has 0 aliphatic carbocycles. The van der Waals surface area contributed by atoms with Gasteiger partial charge in [-0.05, 0) is 17.7 Å². The van der Waals surface area contributed by atoms with E-state index in [9.17, 15) is 4.79 Å². The molecule has 1 unspecified atom stereocenters. The van der Waals surface area contributed by atoms with Gasteiger partial charge in [0.2, 0.25) is 0 Å². The molecule has 6 nitrogen and oxygen atoms in total. The zero-order chi connectivity index (χ0) is 16.6. The Balaban J connectivity index is 1.32. The van der Waals surface area contributed by atoms with Crippen LogP contribution in [0.2, 0.25) is 0 Å². The van der Waals surface area contributed by atoms with Gasteiger partial charge in [-0.3, -0.25) is 4.79 Å². The molecule has 2 aliphatic rings. The van der Waals surface area contributed by atoms with E-state index in [-0.39, 0.29) is 11.0 Å². The SMILES string of the molecule is Cn1c(=O)sc2cc(CNCC3COC4(CCOCC4)O3)ccc21. The number of aryl methyl sites for hydroxylation is 1. The fraction of sp³-hybridized carbons (Fsp3) is 0.588. The highest BCUT2D eigenvalue weighted by Crippen LogP contribution is 2.33. The van der Waals surface area contributed by atoms with Crippen LogP contribution < -0.4 is 10.2 Å². The number of aromatic nitrogens is 1. The molecule has 2 saturated heterocycles. The first-order chi connectivity index (χ1) is 11.7. The maximum Gasteiger partial charge on any atom is 0.307 e. The summed E-state index contributed by atoms with van der Waals surface area (Å²) in [6.07, 6.45) is 1.71. The standard InChI is InChI=1S/C17H22N2O4S/c1-19-14-3-2-12(8-15(14)24-16(19)20)9-18-10-13-11-22-17(23-13)4-6-21-7-5-17/h2-3,8,13,18H,4-7,9-11H2,1H3. The molecule has 1 aromatic heterocycles. The Kier molecular flexibility index (Phi) is 4.44. The molecule has 0 bridgehead atoms. The third-order valence-electron chi connectivity index (χ3n) is 4.73. The second kappa shape index (κ2) is 6.57. The Labute approximate surface area is 144 Å². The number of nitrogens with zero attached hydrogens (tertiary/aromatic N) is 1. The summed E-state index contributed by atoms with van der Waals surface area (Å²) >= 11 is 1.29. The number of ether oxygens (including phenoxy) is 3. The van der Waals surface area contributed by atoms with E-state index < -0.39 is 5.79 Å². The number of thiazole rings is 1. The van der Waals surface area contributed by atoms with Crippen molar-refractivity contribution in [1.29, 1.82) is 0 Å². The Hall–Kier alpha value is -1.25. The monoisotopic (exact) mass is 350 g/mol. The number of nitrogens with one attached hydrogen (secondary N) is 1. The second-order valence-corrected chi connectivity index (χ2v) is 7.43. The summed E-state index contributed by atoms with van der Waals surface area (Å²) in [5.41, 5.74) is 2.16. The fourth-order valence-electron chi connectivity index (χ4n) is 3.33. The molecule has 7 heteroatoms. The van der Waals surface area contributed by atoms with Crippen molar-refractivity contribution in [2.75, 3.05) is 26.4 Å². The van der Waals surface area contributed by atoms with E-state index >= 15 is 0 Å². The van der Waals surface area contributed by atoms with Gasteiger partial charge in [0.1, 0.15) is 0 Å². The summed E-state index contributed by atoms with van der Waals surface area (Å²) in [6, 6.07) is 6.16. The van der Waals surface area contributed by atoms with Gasteiger partial charge in [0.15, 0.2) is 5.79 Å². The molecule has 2 aliphatic heterocycles. The lowest BCUT2D eigenvalue weighted by Gasteiger charge is -2.31. The summed E-state index contributed by atoms with van der Waals surface area (Å²) < 4.78 is 20.1. The highest BCUT2D eigenvalue weighted by atomic mass is 32.1. The first kappa shape index (κ1) is 16.2. The van der Waals surface area contributed by atoms with E-state index in [0.717, 1.165) is 36.1 Å². The zero-order valence-electron chi connectivity index (χ0n) is 13.7. The zero-order valence-corrected chi connectivity index (χ0v) is 14.6. The van der Waals surface area contributed by atoms with Gasteiger partial charge in [-0.15, -0.1) is 0 Å². The van der Waals surface area contributed by atoms with Crippen molar-refractivity contribution in [2.24, 2.45) is 7.05 Å². The van der Waals surface area contributed by atoms with Crippen molar-refractivity contribution < 1.29 is 14.2 Å². The minimum absolute atomic E-state index is 0.0772. The number of rotatable bonds is 4. The first-order valence-corrected chi connectivity index (χ1v) is 9.16. The number of benzene rings is 1. The van der Waals surface area contributed by atoms with Crippen LogP contribution in [-0.4, -0.2) is 42.8 Å². The average Bonchev–Trinajstić information content (AvgIpc) is 3.10. The number of fused-ring (bicyclic) bond motifs is 1. The Bertz CT molecular complexity index is 778. The van der Waals surface area contributed by atoms with Crippen molar-refractivity contribution in [3.8, 4) is 0 Å². The van der Waals surface area contributed by atoms with Gasteiger partial charge in [0.25, 0.3) is 0 Å². The predicted molar refractivity (Wildman–Crippen MR) is 92.4 cm³/mol. The van der Waals surface area contributed by atoms with Crippen LogP contribution in [0.15, 0.2) is 23.0 Å². The minimum atomic E-state index is -0.417. The number of hydrogen-bond acceptors (Lipinski definition) is 6. The number of hydrogen-bond donors (Lipinski definition) is 1. The lowest BCUT2D eigenvalue weighted by atomic mass is 10.1. The topological polar surface area (TPSA) is 61.7 Å². The van der Waals surface area contributed by atoms with Crippen LogP contribution in [0.3, 0.4) is 0 Å². The molecule has 1 spiro atoms. The van der Waals surface area contributed by atoms with Crippen molar-refractivity contribution >= 4 is 21.6 Å². The van der Waals surface area contributed by atoms with Crippen molar-refractivity contribution in [3.63, 3.8) is 0 Å². The van der Waals surface area contributed by atoms with E-state index in [0.29, 0.717) is 19.8 Å². The van der Waals surface area contributed by atoms with Gasteiger partial charge in [-0.1, -0.05) is 17.4 Å². The van der Waals surface area contributed by atoms with E-state index in [4.69, 9.17) is 14.2 Å². The summed E-state index contributed by atoms with van der Waals surface area (Å²) in [5, 5.41) is 3.44. The smallest absolute Gasteiger partial charge is 0.307 e. The quantitative estimate of drug-likeness (QED) is 0.908. The molecule has 0 saturated carbocycles. The third-order valence-corrected chi connectivity index (χ3v) is 5.72. The van der Waals surface area contributed by atoms with Crippen LogP contribution >= 0.6 is 11.3 Å². The van der Waals surface area contributed by atoms with Gasteiger partial charge in [0.05, 0.1) is 36.1 Å². The molecule has 0 radical (unpaired) electrons. The third kappa shape index (κ3) is 3.14. The van der Waals surface area contributed by atoms with Gasteiger partial charge < -0.3 is 24.1 Å². The van der Waals surface area contributed by atoms with Crippen LogP contribution in [0, 0.1) is 0 Å². The molecule has 4 rings (SSSR count). The van der Waals surface area contributed by atoms with Crippen LogP contribution in [0.4, 0.5) is 0 Å². The van der Waals surface area contributed by atoms with Gasteiger partial charge in [-0.2, -0.15) is 0 Å². The Morgan fingerprint density at radius 2 is 2.21 bits per heavy atom. The normalized spacial score (nSPS) is 23.3. The highest BCUT2D eigenvalue weighted by Gasteiger charge is 2.42. The lowest BCUT2D eigenvalue weighted by molar-refractivity contribution is -0.210. The molecule has 1 N–H and O–H groups in total. The molecule has 2 aromatic rings. The summed E-state index contributed by atoms with van der Waals surface area (Å²) in [4.78, 5) is 11.8. The molecule has 2 fully saturated rings. The van der Waals surface area contributed by atoms with E-state index in [1.165, 1.54) is 16.9 Å². The predicted octanol–water partition coefficient (Wildman–Crippen LogP) is 1.61. The van der Waals surface area contributed by atoms with Gasteiger partial charge in [-0.25, -0.2) is 0 Å². The van der Waals surface area contributed by atoms with Crippen molar-refractivity contribution in [2.45, 2.75) is 31.3 Å². The molecular formula is C17H22N2O4S. The van der Waals surface area contributed by atoms with Crippen LogP contribution in [0.25, 0.3) is 10.2 Å². The summed E-state index contributed by atoms with van der Waals surface area (Å²) in [6.45, 7) is 3.56. The minimum Gasteiger partial charge on any atom is -0.381 e. The second-order valence-electron chi connectivity index (χ2n) is 6.43. The van der Waals surface area contributed by atoms with Gasteiger partial charge in [0, 0.05) is 33.0 Å². The maximum absolute atomic E-state index is 11.7. The molecule has 3 heterocycles. The molecule has 130 valence electrons. The molecule has 24 heavy (non-hydrogen) atoms. The molecule has 1 aromatic carbocycles. The van der Waals surface area contributed by atoms with E-state index in [1.54, 1.807) is 4.57 Å². The fourth-order valence-corrected chi connectivity index (χ4v) is 4.27. The lowest BCUT2D eigenvalue weighted by Crippen LogP contribution is -2.39. The highest BCUT2D eigenvalue weighted by molar-refractivity contribution is 7.16. The Morgan fingerprint density at radius 1 is 1.38 bits per heavy atom. The summed E-state index contributed by atoms with van der Waals surface area (Å²) in [5.74, 6) is -0.417. The van der Waals surface area contributed by atoms with E-state index in [1.807, 2.05) is 13.1 Å².